The van der Waals surface area contributed by atoms with Gasteiger partial charge < -0.3 is 4.74 Å². The number of hydrogen-bond acceptors (Lipinski definition) is 6. The Morgan fingerprint density at radius 3 is 2.48 bits per heavy atom. The van der Waals surface area contributed by atoms with Crippen LogP contribution in [0.15, 0.2) is 30.3 Å². The van der Waals surface area contributed by atoms with Crippen LogP contribution in [-0.4, -0.2) is 53.8 Å². The number of ether oxygens (including phenoxy) is 1. The number of allylic oxidation sites excluding steroid dienone is 1. The van der Waals surface area contributed by atoms with E-state index >= 15 is 0 Å². The van der Waals surface area contributed by atoms with Crippen molar-refractivity contribution >= 4 is 27.8 Å². The van der Waals surface area contributed by atoms with Crippen molar-refractivity contribution in [1.29, 1.82) is 0 Å². The maximum Gasteiger partial charge on any atom is 0.301 e. The molecule has 33 heavy (non-hydrogen) atoms. The lowest BCUT2D eigenvalue weighted by Gasteiger charge is -2.34. The molecule has 8 nitrogen and oxygen atoms in total. The largest absolute Gasteiger partial charge is 0.373 e. The second kappa shape index (κ2) is 8.62. The summed E-state index contributed by atoms with van der Waals surface area (Å²) >= 11 is 0. The van der Waals surface area contributed by atoms with E-state index in [1.807, 2.05) is 38.1 Å². The predicted molar refractivity (Wildman–Crippen MR) is 126 cm³/mol. The molecule has 1 saturated carbocycles. The highest BCUT2D eigenvalue weighted by molar-refractivity contribution is 7.90. The molecule has 174 valence electrons. The number of hydrogen-bond donors (Lipinski definition) is 1. The maximum absolute atomic E-state index is 12.9. The van der Waals surface area contributed by atoms with E-state index in [0.717, 1.165) is 41.8 Å². The Labute approximate surface area is 194 Å². The average Bonchev–Trinajstić information content (AvgIpc) is 3.51. The number of nitrogens with one attached hydrogen (secondary N) is 1. The van der Waals surface area contributed by atoms with Gasteiger partial charge in [-0.2, -0.15) is 12.7 Å². The van der Waals surface area contributed by atoms with Gasteiger partial charge in [-0.25, -0.2) is 9.97 Å². The number of nitrogens with zero attached hydrogens (tertiary/aromatic N) is 3. The van der Waals surface area contributed by atoms with Gasteiger partial charge in [-0.3, -0.25) is 9.52 Å². The van der Waals surface area contributed by atoms with Crippen molar-refractivity contribution < 1.29 is 17.9 Å². The summed E-state index contributed by atoms with van der Waals surface area (Å²) in [4.78, 5) is 21.6. The van der Waals surface area contributed by atoms with Gasteiger partial charge >= 0.3 is 10.2 Å². The fourth-order valence-electron chi connectivity index (χ4n) is 4.43. The Hall–Kier alpha value is -2.62. The van der Waals surface area contributed by atoms with Crippen LogP contribution < -0.4 is 4.72 Å². The van der Waals surface area contributed by atoms with Crippen LogP contribution in [-0.2, 0) is 32.6 Å². The van der Waals surface area contributed by atoms with Crippen LogP contribution in [0, 0.1) is 5.92 Å². The van der Waals surface area contributed by atoms with Crippen LogP contribution in [0.1, 0.15) is 43.8 Å². The SMILES string of the molecule is CC1CN(S(=O)(=O)Nc2ccc(-c3nc(CC(=O)C4CC4)nc4c3C=CC4)cc2)CC(C)O1. The second-order valence-corrected chi connectivity index (χ2v) is 10.8. The van der Waals surface area contributed by atoms with Gasteiger partial charge in [0.15, 0.2) is 0 Å². The van der Waals surface area contributed by atoms with Crippen molar-refractivity contribution in [3.63, 3.8) is 0 Å². The highest BCUT2D eigenvalue weighted by atomic mass is 32.2. The summed E-state index contributed by atoms with van der Waals surface area (Å²) in [7, 11) is -3.68. The zero-order valence-electron chi connectivity index (χ0n) is 18.8. The Balaban J connectivity index is 1.36. The quantitative estimate of drug-likeness (QED) is 0.670. The number of ketones is 1. The molecule has 2 aromatic rings. The van der Waals surface area contributed by atoms with Crippen molar-refractivity contribution in [2.24, 2.45) is 5.92 Å². The molecule has 2 heterocycles. The Morgan fingerprint density at radius 2 is 1.82 bits per heavy atom. The van der Waals surface area contributed by atoms with Crippen molar-refractivity contribution in [3.8, 4) is 11.3 Å². The summed E-state index contributed by atoms with van der Waals surface area (Å²) in [6, 6.07) is 7.18. The number of carbonyl (C=O) groups excluding carboxylic acids is 1. The number of morpholine rings is 1. The minimum Gasteiger partial charge on any atom is -0.373 e. The van der Waals surface area contributed by atoms with E-state index in [1.54, 1.807) is 12.1 Å². The first kappa shape index (κ1) is 22.2. The number of rotatable bonds is 7. The molecule has 2 atom stereocenters. The molecule has 1 aliphatic heterocycles. The minimum absolute atomic E-state index is 0.151. The molecule has 1 aromatic heterocycles. The molecule has 5 rings (SSSR count). The molecule has 3 aliphatic rings. The highest BCUT2D eigenvalue weighted by Crippen LogP contribution is 2.33. The molecular weight excluding hydrogens is 440 g/mol. The standard InChI is InChI=1S/C24H28N4O4S/c1-15-13-28(14-16(2)32-15)33(30,31)27-19-10-8-18(9-11-19)24-20-4-3-5-21(20)25-23(26-24)12-22(29)17-6-7-17/h3-4,8-11,15-17,27H,5-7,12-14H2,1-2H3. The molecule has 0 amide bonds. The number of carbonyl (C=O) groups is 1. The van der Waals surface area contributed by atoms with Gasteiger partial charge in [0.25, 0.3) is 0 Å². The normalized spacial score (nSPS) is 22.8. The third-order valence-electron chi connectivity index (χ3n) is 6.16. The fourth-order valence-corrected chi connectivity index (χ4v) is 5.80. The first-order chi connectivity index (χ1) is 15.8. The van der Waals surface area contributed by atoms with Gasteiger partial charge in [0.2, 0.25) is 0 Å². The van der Waals surface area contributed by atoms with Crippen molar-refractivity contribution in [1.82, 2.24) is 14.3 Å². The lowest BCUT2D eigenvalue weighted by Crippen LogP contribution is -2.49. The molecule has 1 saturated heterocycles. The van der Waals surface area contributed by atoms with Gasteiger partial charge in [-0.05, 0) is 38.8 Å². The van der Waals surface area contributed by atoms with E-state index in [2.05, 4.69) is 9.71 Å². The minimum atomic E-state index is -3.68. The molecule has 1 aromatic carbocycles. The van der Waals surface area contributed by atoms with E-state index in [0.29, 0.717) is 24.6 Å². The number of benzene rings is 1. The first-order valence-electron chi connectivity index (χ1n) is 11.4. The molecule has 0 radical (unpaired) electrons. The monoisotopic (exact) mass is 468 g/mol. The van der Waals surface area contributed by atoms with Gasteiger partial charge in [-0.1, -0.05) is 24.3 Å². The third kappa shape index (κ3) is 4.85. The molecule has 2 aliphatic carbocycles. The summed E-state index contributed by atoms with van der Waals surface area (Å²) in [5.74, 6) is 0.946. The summed E-state index contributed by atoms with van der Waals surface area (Å²) in [5, 5.41) is 0. The third-order valence-corrected chi connectivity index (χ3v) is 7.63. The van der Waals surface area contributed by atoms with Crippen LogP contribution >= 0.6 is 0 Å². The molecule has 0 bridgehead atoms. The molecule has 2 unspecified atom stereocenters. The Kier molecular flexibility index (Phi) is 5.80. The lowest BCUT2D eigenvalue weighted by atomic mass is 10.0. The van der Waals surface area contributed by atoms with Crippen LogP contribution in [0.25, 0.3) is 17.3 Å². The van der Waals surface area contributed by atoms with E-state index in [-0.39, 0.29) is 30.3 Å². The van der Waals surface area contributed by atoms with Crippen LogP contribution in [0.3, 0.4) is 0 Å². The zero-order chi connectivity index (χ0) is 23.2. The molecule has 9 heteroatoms. The molecule has 1 N–H and O–H groups in total. The number of Topliss-reactive ketones (excluding diaryl/α,β-unsaturated/α-hetero) is 1. The van der Waals surface area contributed by atoms with E-state index in [4.69, 9.17) is 9.72 Å². The summed E-state index contributed by atoms with van der Waals surface area (Å²) in [5.41, 5.74) is 4.01. The smallest absolute Gasteiger partial charge is 0.301 e. The van der Waals surface area contributed by atoms with Gasteiger partial charge in [-0.15, -0.1) is 0 Å². The summed E-state index contributed by atoms with van der Waals surface area (Å²) < 4.78 is 35.4. The van der Waals surface area contributed by atoms with E-state index < -0.39 is 10.2 Å². The fraction of sp³-hybridized carbons (Fsp3) is 0.458. The number of anilines is 1. The van der Waals surface area contributed by atoms with Crippen molar-refractivity contribution in [3.05, 3.63) is 47.4 Å². The van der Waals surface area contributed by atoms with Crippen LogP contribution in [0.4, 0.5) is 5.69 Å². The zero-order valence-corrected chi connectivity index (χ0v) is 19.6. The topological polar surface area (TPSA) is 101 Å². The number of fused-ring (bicyclic) bond motifs is 1. The second-order valence-electron chi connectivity index (χ2n) is 9.13. The average molecular weight is 469 g/mol. The predicted octanol–water partition coefficient (Wildman–Crippen LogP) is 3.00. The Morgan fingerprint density at radius 1 is 1.12 bits per heavy atom. The highest BCUT2D eigenvalue weighted by Gasteiger charge is 2.32. The molecule has 2 fully saturated rings. The lowest BCUT2D eigenvalue weighted by molar-refractivity contribution is -0.119. The van der Waals surface area contributed by atoms with E-state index in [9.17, 15) is 13.2 Å². The van der Waals surface area contributed by atoms with Gasteiger partial charge in [0, 0.05) is 42.2 Å². The van der Waals surface area contributed by atoms with Crippen molar-refractivity contribution in [2.75, 3.05) is 17.8 Å². The maximum atomic E-state index is 12.9. The molecule has 0 spiro atoms. The summed E-state index contributed by atoms with van der Waals surface area (Å²) in [6.07, 6.45) is 6.68. The molecular formula is C24H28N4O4S. The van der Waals surface area contributed by atoms with E-state index in [1.165, 1.54) is 4.31 Å². The Bertz CT molecular complexity index is 1200. The van der Waals surface area contributed by atoms with Gasteiger partial charge in [0.05, 0.1) is 30.0 Å². The van der Waals surface area contributed by atoms with Gasteiger partial charge in [0.1, 0.15) is 11.6 Å². The summed E-state index contributed by atoms with van der Waals surface area (Å²) in [6.45, 7) is 4.38. The number of aromatic nitrogens is 2. The van der Waals surface area contributed by atoms with Crippen molar-refractivity contribution in [2.45, 2.75) is 51.7 Å². The first-order valence-corrected chi connectivity index (χ1v) is 12.9. The van der Waals surface area contributed by atoms with Crippen LogP contribution in [0.2, 0.25) is 0 Å². The van der Waals surface area contributed by atoms with Crippen LogP contribution in [0.5, 0.6) is 0 Å².